The zero-order chi connectivity index (χ0) is 24.7. The molecule has 2 aromatic carbocycles. The Morgan fingerprint density at radius 1 is 1.17 bits per heavy atom. The predicted octanol–water partition coefficient (Wildman–Crippen LogP) is 4.98. The Hall–Kier alpha value is -3.82. The summed E-state index contributed by atoms with van der Waals surface area (Å²) < 4.78 is 51.8. The number of alkyl halides is 3. The van der Waals surface area contributed by atoms with Gasteiger partial charge < -0.3 is 14.6 Å². The first-order valence-electron chi connectivity index (χ1n) is 11.2. The van der Waals surface area contributed by atoms with E-state index >= 15 is 0 Å². The van der Waals surface area contributed by atoms with E-state index < -0.39 is 23.9 Å². The highest BCUT2D eigenvalue weighted by Crippen LogP contribution is 2.43. The number of nitrogens with one attached hydrogen (secondary N) is 1. The number of carbonyl (C=O) groups excluding carboxylic acids is 2. The van der Waals surface area contributed by atoms with Crippen LogP contribution in [0.25, 0.3) is 22.6 Å². The van der Waals surface area contributed by atoms with Crippen molar-refractivity contribution >= 4 is 17.7 Å². The number of carbonyl (C=O) groups is 2. The monoisotopic (exact) mass is 485 g/mol. The molecule has 1 aliphatic carbocycles. The number of rotatable bonds is 4. The molecule has 1 atom stereocenters. The standard InChI is InChI=1S/C25H22F3N3O4/c1-14(32)29-12-17-13-31(24(33)34-17)16-9-10-18-15(11-16)5-4-7-20-22(30-35-23(18)20)19-6-2-3-8-21(19)25(26,27)28/h2-3,6,8-11,17H,4-5,7,12-13H2,1H3,(H,29,32)/t17-/m0/s1. The summed E-state index contributed by atoms with van der Waals surface area (Å²) in [5.74, 6) is 0.244. The van der Waals surface area contributed by atoms with Crippen LogP contribution in [0.4, 0.5) is 23.7 Å². The summed E-state index contributed by atoms with van der Waals surface area (Å²) in [6.07, 6.45) is -3.62. The number of halogens is 3. The third-order valence-electron chi connectivity index (χ3n) is 6.25. The van der Waals surface area contributed by atoms with Crippen LogP contribution in [0.5, 0.6) is 0 Å². The van der Waals surface area contributed by atoms with Crippen LogP contribution in [0.2, 0.25) is 0 Å². The maximum atomic E-state index is 13.6. The van der Waals surface area contributed by atoms with Crippen LogP contribution in [-0.2, 0) is 28.5 Å². The Morgan fingerprint density at radius 2 is 1.97 bits per heavy atom. The zero-order valence-corrected chi connectivity index (χ0v) is 18.8. The van der Waals surface area contributed by atoms with Crippen LogP contribution < -0.4 is 10.2 Å². The largest absolute Gasteiger partial charge is 0.442 e. The second-order valence-corrected chi connectivity index (χ2v) is 8.63. The summed E-state index contributed by atoms with van der Waals surface area (Å²) in [4.78, 5) is 25.1. The van der Waals surface area contributed by atoms with Gasteiger partial charge in [-0.05, 0) is 49.1 Å². The average molecular weight is 485 g/mol. The van der Waals surface area contributed by atoms with E-state index in [4.69, 9.17) is 9.26 Å². The number of benzene rings is 2. The van der Waals surface area contributed by atoms with Crippen molar-refractivity contribution in [3.8, 4) is 22.6 Å². The predicted molar refractivity (Wildman–Crippen MR) is 121 cm³/mol. The molecular weight excluding hydrogens is 463 g/mol. The molecule has 7 nitrogen and oxygen atoms in total. The molecule has 1 saturated heterocycles. The number of amides is 2. The average Bonchev–Trinajstić information content (AvgIpc) is 3.35. The Morgan fingerprint density at radius 3 is 2.74 bits per heavy atom. The summed E-state index contributed by atoms with van der Waals surface area (Å²) in [6, 6.07) is 10.8. The molecule has 2 heterocycles. The summed E-state index contributed by atoms with van der Waals surface area (Å²) in [6.45, 7) is 1.92. The van der Waals surface area contributed by atoms with Gasteiger partial charge in [0.15, 0.2) is 5.76 Å². The molecule has 1 fully saturated rings. The van der Waals surface area contributed by atoms with Crippen molar-refractivity contribution < 1.29 is 32.0 Å². The molecule has 0 bridgehead atoms. The van der Waals surface area contributed by atoms with Crippen LogP contribution in [0.1, 0.15) is 30.0 Å². The topological polar surface area (TPSA) is 84.7 Å². The van der Waals surface area contributed by atoms with E-state index in [1.165, 1.54) is 24.0 Å². The fraction of sp³-hybridized carbons (Fsp3) is 0.320. The molecule has 1 aliphatic heterocycles. The van der Waals surface area contributed by atoms with Crippen LogP contribution in [-0.4, -0.2) is 36.4 Å². The van der Waals surface area contributed by atoms with Gasteiger partial charge in [0.2, 0.25) is 5.91 Å². The molecule has 0 saturated carbocycles. The molecule has 0 spiro atoms. The number of ether oxygens (including phenoxy) is 1. The van der Waals surface area contributed by atoms with Gasteiger partial charge in [-0.1, -0.05) is 23.4 Å². The van der Waals surface area contributed by atoms with E-state index in [1.807, 2.05) is 6.07 Å². The fourth-order valence-electron chi connectivity index (χ4n) is 4.63. The molecule has 182 valence electrons. The highest BCUT2D eigenvalue weighted by Gasteiger charge is 2.36. The van der Waals surface area contributed by atoms with Gasteiger partial charge in [-0.2, -0.15) is 13.2 Å². The van der Waals surface area contributed by atoms with Crippen LogP contribution in [0, 0.1) is 0 Å². The molecule has 5 rings (SSSR count). The minimum Gasteiger partial charge on any atom is -0.442 e. The molecule has 0 unspecified atom stereocenters. The van der Waals surface area contributed by atoms with Crippen LogP contribution >= 0.6 is 0 Å². The number of aryl methyl sites for hydroxylation is 1. The zero-order valence-electron chi connectivity index (χ0n) is 18.8. The van der Waals surface area contributed by atoms with Crippen molar-refractivity contribution in [2.45, 2.75) is 38.5 Å². The first-order valence-corrected chi connectivity index (χ1v) is 11.2. The van der Waals surface area contributed by atoms with Gasteiger partial charge in [0.1, 0.15) is 11.8 Å². The SMILES string of the molecule is CC(=O)NC[C@H]1CN(c2ccc3c(c2)CCCc2c(-c4ccccc4C(F)(F)F)noc2-3)C(=O)O1. The van der Waals surface area contributed by atoms with E-state index in [2.05, 4.69) is 10.5 Å². The molecule has 1 N–H and O–H groups in total. The van der Waals surface area contributed by atoms with Crippen LogP contribution in [0.3, 0.4) is 0 Å². The molecular formula is C25H22F3N3O4. The molecule has 0 radical (unpaired) electrons. The number of hydrogen-bond acceptors (Lipinski definition) is 5. The Balaban J connectivity index is 1.47. The van der Waals surface area contributed by atoms with Gasteiger partial charge in [0.05, 0.1) is 18.7 Å². The number of hydrogen-bond donors (Lipinski definition) is 1. The van der Waals surface area contributed by atoms with Crippen molar-refractivity contribution in [1.82, 2.24) is 10.5 Å². The minimum atomic E-state index is -4.51. The number of anilines is 1. The van der Waals surface area contributed by atoms with E-state index in [1.54, 1.807) is 18.2 Å². The Bertz CT molecular complexity index is 1300. The maximum Gasteiger partial charge on any atom is 0.417 e. The number of nitrogens with zero attached hydrogens (tertiary/aromatic N) is 2. The van der Waals surface area contributed by atoms with Crippen molar-refractivity contribution in [2.75, 3.05) is 18.0 Å². The molecule has 3 aromatic rings. The normalized spacial score (nSPS) is 17.4. The first-order chi connectivity index (χ1) is 16.7. The quantitative estimate of drug-likeness (QED) is 0.564. The van der Waals surface area contributed by atoms with E-state index in [9.17, 15) is 22.8 Å². The highest BCUT2D eigenvalue weighted by molar-refractivity contribution is 5.91. The van der Waals surface area contributed by atoms with Gasteiger partial charge in [0, 0.05) is 29.3 Å². The number of fused-ring (bicyclic) bond motifs is 3. The lowest BCUT2D eigenvalue weighted by Gasteiger charge is -2.15. The van der Waals surface area contributed by atoms with E-state index in [-0.39, 0.29) is 23.7 Å². The lowest BCUT2D eigenvalue weighted by Crippen LogP contribution is -2.33. The van der Waals surface area contributed by atoms with Crippen molar-refractivity contribution in [3.63, 3.8) is 0 Å². The molecule has 2 amide bonds. The van der Waals surface area contributed by atoms with E-state index in [0.717, 1.165) is 17.2 Å². The van der Waals surface area contributed by atoms with Gasteiger partial charge in [0.25, 0.3) is 0 Å². The number of aromatic nitrogens is 1. The highest BCUT2D eigenvalue weighted by atomic mass is 19.4. The summed E-state index contributed by atoms with van der Waals surface area (Å²) >= 11 is 0. The molecule has 10 heteroatoms. The minimum absolute atomic E-state index is 0.00454. The second kappa shape index (κ2) is 8.75. The lowest BCUT2D eigenvalue weighted by atomic mass is 9.97. The van der Waals surface area contributed by atoms with Gasteiger partial charge in [-0.25, -0.2) is 4.79 Å². The fourth-order valence-corrected chi connectivity index (χ4v) is 4.63. The Labute approximate surface area is 198 Å². The summed E-state index contributed by atoms with van der Waals surface area (Å²) in [5.41, 5.74) is 2.38. The summed E-state index contributed by atoms with van der Waals surface area (Å²) in [5, 5.41) is 6.69. The van der Waals surface area contributed by atoms with Crippen molar-refractivity contribution in [3.05, 3.63) is 59.2 Å². The van der Waals surface area contributed by atoms with Crippen LogP contribution in [0.15, 0.2) is 47.0 Å². The first kappa shape index (κ1) is 22.9. The third-order valence-corrected chi connectivity index (χ3v) is 6.25. The van der Waals surface area contributed by atoms with E-state index in [0.29, 0.717) is 42.8 Å². The summed E-state index contributed by atoms with van der Waals surface area (Å²) in [7, 11) is 0. The van der Waals surface area contributed by atoms with Crippen molar-refractivity contribution in [2.24, 2.45) is 0 Å². The molecule has 2 aliphatic rings. The van der Waals surface area contributed by atoms with Gasteiger partial charge in [-0.15, -0.1) is 0 Å². The smallest absolute Gasteiger partial charge is 0.417 e. The molecule has 35 heavy (non-hydrogen) atoms. The number of cyclic esters (lactones) is 1. The van der Waals surface area contributed by atoms with Gasteiger partial charge in [-0.3, -0.25) is 9.69 Å². The maximum absolute atomic E-state index is 13.6. The third kappa shape index (κ3) is 4.36. The van der Waals surface area contributed by atoms with Gasteiger partial charge >= 0.3 is 12.3 Å². The lowest BCUT2D eigenvalue weighted by molar-refractivity contribution is -0.137. The molecule has 1 aromatic heterocycles. The second-order valence-electron chi connectivity index (χ2n) is 8.63. The Kier molecular flexibility index (Phi) is 5.74. The van der Waals surface area contributed by atoms with Crippen molar-refractivity contribution in [1.29, 1.82) is 0 Å².